The van der Waals surface area contributed by atoms with Crippen molar-refractivity contribution in [2.45, 2.75) is 31.7 Å². The smallest absolute Gasteiger partial charge is 0.193 e. The minimum atomic E-state index is -0.315. The van der Waals surface area contributed by atoms with Crippen LogP contribution in [0.5, 0.6) is 0 Å². The number of hydrogen-bond acceptors (Lipinski definition) is 7. The van der Waals surface area contributed by atoms with Gasteiger partial charge in [-0.25, -0.2) is 0 Å². The minimum absolute atomic E-state index is 0.0790. The second kappa shape index (κ2) is 10.4. The first-order chi connectivity index (χ1) is 19.9. The van der Waals surface area contributed by atoms with Gasteiger partial charge in [0.05, 0.1) is 56.3 Å². The molecule has 0 N–H and O–H groups in total. The zero-order valence-corrected chi connectivity index (χ0v) is 24.0. The molecule has 0 bridgehead atoms. The number of ether oxygens (including phenoxy) is 2. The molecule has 7 nitrogen and oxygen atoms in total. The molecule has 0 unspecified atom stereocenters. The van der Waals surface area contributed by atoms with E-state index in [1.807, 2.05) is 18.2 Å². The quantitative estimate of drug-likeness (QED) is 0.546. The molecule has 7 rings (SSSR count). The highest BCUT2D eigenvalue weighted by Crippen LogP contribution is 2.51. The van der Waals surface area contributed by atoms with Crippen molar-refractivity contribution in [3.05, 3.63) is 69.3 Å². The topological polar surface area (TPSA) is 69.0 Å². The Bertz CT molecular complexity index is 1540. The van der Waals surface area contributed by atoms with E-state index in [0.29, 0.717) is 24.6 Å². The van der Waals surface area contributed by atoms with Crippen molar-refractivity contribution >= 4 is 17.0 Å². The number of carbonyl (C=O) groups is 1. The summed E-state index contributed by atoms with van der Waals surface area (Å²) in [5.41, 5.74) is 8.26. The number of carbonyl (C=O) groups excluding carboxylic acids is 1. The van der Waals surface area contributed by atoms with E-state index in [1.165, 1.54) is 0 Å². The predicted octanol–water partition coefficient (Wildman–Crippen LogP) is 3.25. The van der Waals surface area contributed by atoms with Gasteiger partial charge < -0.3 is 14.4 Å². The molecule has 3 heterocycles. The Labute approximate surface area is 242 Å². The number of nitrogens with zero attached hydrogens (tertiary/aromatic N) is 4. The monoisotopic (exact) mass is 548 g/mol. The Morgan fingerprint density at radius 2 is 1.76 bits per heavy atom. The molecule has 0 amide bonds. The lowest BCUT2D eigenvalue weighted by molar-refractivity contribution is -0.0660. The zero-order valence-electron chi connectivity index (χ0n) is 24.0. The maximum Gasteiger partial charge on any atom is 0.193 e. The average Bonchev–Trinajstić information content (AvgIpc) is 3.36. The molecule has 3 aliphatic heterocycles. The lowest BCUT2D eigenvalue weighted by atomic mass is 9.68. The third kappa shape index (κ3) is 4.58. The van der Waals surface area contributed by atoms with E-state index in [4.69, 9.17) is 9.47 Å². The van der Waals surface area contributed by atoms with Gasteiger partial charge in [0.2, 0.25) is 0 Å². The Balaban J connectivity index is 1.26. The first kappa shape index (κ1) is 26.4. The summed E-state index contributed by atoms with van der Waals surface area (Å²) in [7, 11) is 0. The first-order valence-electron chi connectivity index (χ1n) is 14.8. The van der Waals surface area contributed by atoms with Crippen molar-refractivity contribution in [2.75, 3.05) is 77.1 Å². The normalized spacial score (nSPS) is 22.3. The molecule has 2 aromatic carbocycles. The maximum atomic E-state index is 14.2. The largest absolute Gasteiger partial charge is 0.379 e. The predicted molar refractivity (Wildman–Crippen MR) is 158 cm³/mol. The molecular formula is C34H36N4O3. The van der Waals surface area contributed by atoms with E-state index in [1.54, 1.807) is 0 Å². The minimum Gasteiger partial charge on any atom is -0.379 e. The molecule has 2 aromatic rings. The fraction of sp³-hybridized carbons (Fsp3) is 0.471. The summed E-state index contributed by atoms with van der Waals surface area (Å²) in [6.07, 6.45) is 0.705. The van der Waals surface area contributed by atoms with Crippen LogP contribution >= 0.6 is 0 Å². The lowest BCUT2D eigenvalue weighted by Crippen LogP contribution is -2.56. The van der Waals surface area contributed by atoms with Gasteiger partial charge in [0.25, 0.3) is 0 Å². The Morgan fingerprint density at radius 3 is 2.46 bits per heavy atom. The van der Waals surface area contributed by atoms with Crippen molar-refractivity contribution in [1.29, 1.82) is 5.26 Å². The summed E-state index contributed by atoms with van der Waals surface area (Å²) in [4.78, 5) is 21.5. The standard InChI is InChI=1S/C34H36N4O3/c1-34(2)29-19-31(38-10-8-37(9-11-38)26-21-41-22-26)24(4-3-7-36-12-14-40-15-13-36)17-28(29)33(39)32-27-6-5-23(20-35)16-25(27)18-30(32)34/h5-6,16-17,19,26H,7-15,18,21-22H2,1-2H3. The molecule has 5 aliphatic rings. The van der Waals surface area contributed by atoms with E-state index in [2.05, 4.69) is 58.6 Å². The molecular weight excluding hydrogens is 512 g/mol. The van der Waals surface area contributed by atoms with Crippen molar-refractivity contribution in [3.8, 4) is 17.9 Å². The number of Topliss-reactive ketones (excluding diaryl/α,β-unsaturated/α-hetero) is 1. The summed E-state index contributed by atoms with van der Waals surface area (Å²) < 4.78 is 10.9. The molecule has 3 saturated heterocycles. The number of allylic oxidation sites excluding steroid dienone is 2. The summed E-state index contributed by atoms with van der Waals surface area (Å²) in [5.74, 6) is 7.00. The Hall–Kier alpha value is -3.46. The van der Waals surface area contributed by atoms with Crippen LogP contribution in [-0.4, -0.2) is 93.9 Å². The van der Waals surface area contributed by atoms with E-state index < -0.39 is 0 Å². The van der Waals surface area contributed by atoms with Gasteiger partial charge >= 0.3 is 0 Å². The zero-order chi connectivity index (χ0) is 28.1. The van der Waals surface area contributed by atoms with Crippen LogP contribution in [0.1, 0.15) is 52.0 Å². The SMILES string of the molecule is CC1(C)C2=C(C(=O)c3cc(C#CCN4CCOCC4)c(N4CCN(C5COC5)CC4)cc31)c1ccc(C#N)cc1C2. The molecule has 3 fully saturated rings. The number of fused-ring (bicyclic) bond motifs is 3. The first-order valence-corrected chi connectivity index (χ1v) is 14.8. The Kier molecular flexibility index (Phi) is 6.72. The molecule has 41 heavy (non-hydrogen) atoms. The fourth-order valence-corrected chi connectivity index (χ4v) is 7.01. The third-order valence-corrected chi connectivity index (χ3v) is 9.63. The second-order valence-electron chi connectivity index (χ2n) is 12.3. The average molecular weight is 549 g/mol. The van der Waals surface area contributed by atoms with Crippen LogP contribution < -0.4 is 4.90 Å². The van der Waals surface area contributed by atoms with E-state index in [9.17, 15) is 10.1 Å². The third-order valence-electron chi connectivity index (χ3n) is 9.63. The van der Waals surface area contributed by atoms with Crippen molar-refractivity contribution in [1.82, 2.24) is 9.80 Å². The summed E-state index contributed by atoms with van der Waals surface area (Å²) in [6.45, 7) is 14.0. The van der Waals surface area contributed by atoms with Crippen LogP contribution in [-0.2, 0) is 21.3 Å². The highest BCUT2D eigenvalue weighted by atomic mass is 16.5. The molecule has 0 saturated carbocycles. The number of nitriles is 1. The molecule has 0 spiro atoms. The Morgan fingerprint density at radius 1 is 0.976 bits per heavy atom. The van der Waals surface area contributed by atoms with Gasteiger partial charge in [-0.05, 0) is 52.9 Å². The van der Waals surface area contributed by atoms with Crippen molar-refractivity contribution in [2.24, 2.45) is 0 Å². The van der Waals surface area contributed by atoms with Crippen molar-refractivity contribution in [3.63, 3.8) is 0 Å². The molecule has 210 valence electrons. The van der Waals surface area contributed by atoms with Gasteiger partial charge in [-0.1, -0.05) is 31.8 Å². The fourth-order valence-electron chi connectivity index (χ4n) is 7.01. The van der Waals surface area contributed by atoms with E-state index in [-0.39, 0.29) is 11.2 Å². The number of morpholine rings is 1. The van der Waals surface area contributed by atoms with Crippen LogP contribution in [0.25, 0.3) is 5.57 Å². The van der Waals surface area contributed by atoms with Crippen LogP contribution in [0.15, 0.2) is 35.9 Å². The maximum absolute atomic E-state index is 14.2. The summed E-state index contributed by atoms with van der Waals surface area (Å²) in [6, 6.07) is 12.9. The summed E-state index contributed by atoms with van der Waals surface area (Å²) >= 11 is 0. The number of rotatable bonds is 3. The van der Waals surface area contributed by atoms with Gasteiger partial charge in [0.15, 0.2) is 5.78 Å². The van der Waals surface area contributed by atoms with Crippen LogP contribution in [0, 0.1) is 23.2 Å². The number of anilines is 1. The highest BCUT2D eigenvalue weighted by molar-refractivity contribution is 6.33. The molecule has 7 heteroatoms. The molecule has 0 atom stereocenters. The van der Waals surface area contributed by atoms with Crippen molar-refractivity contribution < 1.29 is 14.3 Å². The number of ketones is 1. The van der Waals surface area contributed by atoms with Crippen LogP contribution in [0.2, 0.25) is 0 Å². The van der Waals surface area contributed by atoms with Gasteiger partial charge in [0, 0.05) is 61.4 Å². The number of piperazine rings is 1. The highest BCUT2D eigenvalue weighted by Gasteiger charge is 2.43. The van der Waals surface area contributed by atoms with Crippen LogP contribution in [0.3, 0.4) is 0 Å². The van der Waals surface area contributed by atoms with Gasteiger partial charge in [-0.2, -0.15) is 5.26 Å². The number of benzene rings is 2. The van der Waals surface area contributed by atoms with E-state index >= 15 is 0 Å². The second-order valence-corrected chi connectivity index (χ2v) is 12.3. The molecule has 0 radical (unpaired) electrons. The summed E-state index contributed by atoms with van der Waals surface area (Å²) in [5, 5.41) is 9.46. The van der Waals surface area contributed by atoms with Gasteiger partial charge in [0.1, 0.15) is 0 Å². The molecule has 0 aromatic heterocycles. The van der Waals surface area contributed by atoms with E-state index in [0.717, 1.165) is 110 Å². The van der Waals surface area contributed by atoms with Gasteiger partial charge in [-0.15, -0.1) is 0 Å². The number of hydrogen-bond donors (Lipinski definition) is 0. The van der Waals surface area contributed by atoms with Gasteiger partial charge in [-0.3, -0.25) is 14.6 Å². The lowest BCUT2D eigenvalue weighted by Gasteiger charge is -2.44. The van der Waals surface area contributed by atoms with Crippen LogP contribution in [0.4, 0.5) is 5.69 Å². The molecule has 2 aliphatic carbocycles.